The van der Waals surface area contributed by atoms with Crippen molar-refractivity contribution >= 4 is 0 Å². The first-order valence-corrected chi connectivity index (χ1v) is 7.93. The molecular formula is C15H31N3. The second-order valence-corrected chi connectivity index (χ2v) is 6.19. The van der Waals surface area contributed by atoms with Gasteiger partial charge < -0.3 is 15.1 Å². The molecule has 0 aromatic carbocycles. The van der Waals surface area contributed by atoms with Crippen LogP contribution in [0.4, 0.5) is 0 Å². The van der Waals surface area contributed by atoms with E-state index in [9.17, 15) is 0 Å². The summed E-state index contributed by atoms with van der Waals surface area (Å²) in [6.45, 7) is 14.6. The fourth-order valence-electron chi connectivity index (χ4n) is 3.70. The molecule has 106 valence electrons. The number of hydrogen-bond donors (Lipinski definition) is 1. The van der Waals surface area contributed by atoms with Crippen LogP contribution in [0.15, 0.2) is 0 Å². The smallest absolute Gasteiger partial charge is 0.0110 e. The fourth-order valence-corrected chi connectivity index (χ4v) is 3.70. The van der Waals surface area contributed by atoms with Crippen LogP contribution >= 0.6 is 0 Å². The van der Waals surface area contributed by atoms with Gasteiger partial charge in [0.25, 0.3) is 0 Å². The Morgan fingerprint density at radius 1 is 1.17 bits per heavy atom. The molecule has 18 heavy (non-hydrogen) atoms. The topological polar surface area (TPSA) is 18.5 Å². The van der Waals surface area contributed by atoms with Gasteiger partial charge in [0, 0.05) is 26.2 Å². The van der Waals surface area contributed by atoms with Gasteiger partial charge in [-0.3, -0.25) is 0 Å². The Kier molecular flexibility index (Phi) is 5.46. The Morgan fingerprint density at radius 2 is 1.94 bits per heavy atom. The molecule has 0 aliphatic carbocycles. The predicted octanol–water partition coefficient (Wildman–Crippen LogP) is 1.79. The average molecular weight is 253 g/mol. The van der Waals surface area contributed by atoms with Gasteiger partial charge in [0.2, 0.25) is 0 Å². The van der Waals surface area contributed by atoms with Crippen LogP contribution in [-0.2, 0) is 0 Å². The summed E-state index contributed by atoms with van der Waals surface area (Å²) in [5, 5.41) is 3.62. The monoisotopic (exact) mass is 253 g/mol. The van der Waals surface area contributed by atoms with Gasteiger partial charge in [0.05, 0.1) is 0 Å². The molecule has 1 spiro atoms. The summed E-state index contributed by atoms with van der Waals surface area (Å²) in [5.41, 5.74) is 0.611. The van der Waals surface area contributed by atoms with Crippen LogP contribution in [0.25, 0.3) is 0 Å². The molecule has 2 heterocycles. The lowest BCUT2D eigenvalue weighted by Gasteiger charge is -2.45. The van der Waals surface area contributed by atoms with Crippen LogP contribution in [0.3, 0.4) is 0 Å². The lowest BCUT2D eigenvalue weighted by Crippen LogP contribution is -2.52. The van der Waals surface area contributed by atoms with E-state index in [1.54, 1.807) is 0 Å². The van der Waals surface area contributed by atoms with Crippen molar-refractivity contribution in [2.24, 2.45) is 5.41 Å². The number of piperidine rings is 2. The molecule has 0 saturated carbocycles. The molecule has 2 rings (SSSR count). The van der Waals surface area contributed by atoms with E-state index in [0.717, 1.165) is 0 Å². The molecule has 0 radical (unpaired) electrons. The third-order valence-corrected chi connectivity index (χ3v) is 4.93. The average Bonchev–Trinajstić information content (AvgIpc) is 2.41. The number of hydrogen-bond acceptors (Lipinski definition) is 3. The van der Waals surface area contributed by atoms with E-state index in [4.69, 9.17) is 0 Å². The Labute approximate surface area is 113 Å². The maximum atomic E-state index is 3.62. The highest BCUT2D eigenvalue weighted by Gasteiger charge is 2.36. The summed E-state index contributed by atoms with van der Waals surface area (Å²) in [6.07, 6.45) is 5.67. The van der Waals surface area contributed by atoms with Gasteiger partial charge in [-0.05, 0) is 57.3 Å². The normalized spacial score (nSPS) is 30.2. The van der Waals surface area contributed by atoms with Crippen molar-refractivity contribution < 1.29 is 0 Å². The van der Waals surface area contributed by atoms with Crippen molar-refractivity contribution in [3.05, 3.63) is 0 Å². The molecule has 2 saturated heterocycles. The number of nitrogens with one attached hydrogen (secondary N) is 1. The van der Waals surface area contributed by atoms with E-state index < -0.39 is 0 Å². The number of likely N-dealkylation sites (tertiary alicyclic amines) is 1. The van der Waals surface area contributed by atoms with Crippen molar-refractivity contribution in [1.82, 2.24) is 15.1 Å². The highest BCUT2D eigenvalue weighted by Crippen LogP contribution is 2.35. The number of likely N-dealkylation sites (N-methyl/N-ethyl adjacent to an activating group) is 1. The molecule has 1 N–H and O–H groups in total. The molecule has 0 aromatic heterocycles. The van der Waals surface area contributed by atoms with E-state index in [1.165, 1.54) is 78.0 Å². The standard InChI is InChI=1S/C15H31N3/c1-3-17(4-2)11-12-18-10-6-8-15(14-18)7-5-9-16-13-15/h16H,3-14H2,1-2H3. The van der Waals surface area contributed by atoms with Crippen LogP contribution in [0.2, 0.25) is 0 Å². The SMILES string of the molecule is CCN(CC)CCN1CCCC2(CCCNC2)C1. The Hall–Kier alpha value is -0.120. The molecule has 3 nitrogen and oxygen atoms in total. The Balaban J connectivity index is 1.79. The third-order valence-electron chi connectivity index (χ3n) is 4.93. The lowest BCUT2D eigenvalue weighted by atomic mass is 9.74. The minimum absolute atomic E-state index is 0.611. The maximum absolute atomic E-state index is 3.62. The zero-order valence-electron chi connectivity index (χ0n) is 12.4. The second kappa shape index (κ2) is 6.88. The van der Waals surface area contributed by atoms with E-state index >= 15 is 0 Å². The minimum atomic E-state index is 0.611. The summed E-state index contributed by atoms with van der Waals surface area (Å²) in [4.78, 5) is 5.26. The fraction of sp³-hybridized carbons (Fsp3) is 1.00. The zero-order valence-corrected chi connectivity index (χ0v) is 12.4. The molecule has 2 aliphatic heterocycles. The lowest BCUT2D eigenvalue weighted by molar-refractivity contribution is 0.0585. The maximum Gasteiger partial charge on any atom is 0.0110 e. The molecule has 1 atom stereocenters. The van der Waals surface area contributed by atoms with Crippen molar-refractivity contribution in [3.63, 3.8) is 0 Å². The van der Waals surface area contributed by atoms with E-state index in [-0.39, 0.29) is 0 Å². The van der Waals surface area contributed by atoms with E-state index in [0.29, 0.717) is 5.41 Å². The summed E-state index contributed by atoms with van der Waals surface area (Å²) in [6, 6.07) is 0. The molecule has 2 fully saturated rings. The van der Waals surface area contributed by atoms with Crippen LogP contribution in [0.5, 0.6) is 0 Å². The Morgan fingerprint density at radius 3 is 2.61 bits per heavy atom. The van der Waals surface area contributed by atoms with Crippen LogP contribution < -0.4 is 5.32 Å². The zero-order chi connectivity index (χ0) is 12.8. The number of nitrogens with zero attached hydrogens (tertiary/aromatic N) is 2. The Bertz CT molecular complexity index is 226. The van der Waals surface area contributed by atoms with Gasteiger partial charge in [-0.15, -0.1) is 0 Å². The van der Waals surface area contributed by atoms with Crippen LogP contribution in [-0.4, -0.2) is 62.2 Å². The number of rotatable bonds is 5. The van der Waals surface area contributed by atoms with Crippen molar-refractivity contribution in [3.8, 4) is 0 Å². The summed E-state index contributed by atoms with van der Waals surface area (Å²) < 4.78 is 0. The quantitative estimate of drug-likeness (QED) is 0.806. The third kappa shape index (κ3) is 3.69. The summed E-state index contributed by atoms with van der Waals surface area (Å²) in [5.74, 6) is 0. The first-order valence-electron chi connectivity index (χ1n) is 7.93. The molecule has 1 unspecified atom stereocenters. The minimum Gasteiger partial charge on any atom is -0.316 e. The van der Waals surface area contributed by atoms with Crippen LogP contribution in [0.1, 0.15) is 39.5 Å². The molecule has 2 aliphatic rings. The molecule has 0 bridgehead atoms. The van der Waals surface area contributed by atoms with Gasteiger partial charge in [-0.1, -0.05) is 13.8 Å². The highest BCUT2D eigenvalue weighted by molar-refractivity contribution is 4.91. The second-order valence-electron chi connectivity index (χ2n) is 6.19. The van der Waals surface area contributed by atoms with Crippen molar-refractivity contribution in [1.29, 1.82) is 0 Å². The summed E-state index contributed by atoms with van der Waals surface area (Å²) in [7, 11) is 0. The van der Waals surface area contributed by atoms with Crippen molar-refractivity contribution in [2.75, 3.05) is 52.4 Å². The van der Waals surface area contributed by atoms with Gasteiger partial charge in [0.15, 0.2) is 0 Å². The molecular weight excluding hydrogens is 222 g/mol. The van der Waals surface area contributed by atoms with Gasteiger partial charge >= 0.3 is 0 Å². The first kappa shape index (κ1) is 14.3. The van der Waals surface area contributed by atoms with E-state index in [1.807, 2.05) is 0 Å². The van der Waals surface area contributed by atoms with Crippen molar-refractivity contribution in [2.45, 2.75) is 39.5 Å². The molecule has 0 aromatic rings. The van der Waals surface area contributed by atoms with Gasteiger partial charge in [0.1, 0.15) is 0 Å². The largest absolute Gasteiger partial charge is 0.316 e. The predicted molar refractivity (Wildman–Crippen MR) is 78.0 cm³/mol. The molecule has 3 heteroatoms. The van der Waals surface area contributed by atoms with Gasteiger partial charge in [-0.2, -0.15) is 0 Å². The van der Waals surface area contributed by atoms with Crippen LogP contribution in [0, 0.1) is 5.41 Å². The summed E-state index contributed by atoms with van der Waals surface area (Å²) >= 11 is 0. The first-order chi connectivity index (χ1) is 8.78. The molecule has 0 amide bonds. The highest BCUT2D eigenvalue weighted by atomic mass is 15.2. The van der Waals surface area contributed by atoms with E-state index in [2.05, 4.69) is 29.0 Å². The van der Waals surface area contributed by atoms with Gasteiger partial charge in [-0.25, -0.2) is 0 Å².